The van der Waals surface area contributed by atoms with E-state index < -0.39 is 5.54 Å². The Morgan fingerprint density at radius 2 is 1.76 bits per heavy atom. The van der Waals surface area contributed by atoms with Crippen LogP contribution in [0.15, 0.2) is 35.3 Å². The molecule has 0 N–H and O–H groups in total. The van der Waals surface area contributed by atoms with E-state index in [0.717, 1.165) is 31.2 Å². The molecule has 0 unspecified atom stereocenters. The van der Waals surface area contributed by atoms with Crippen molar-refractivity contribution >= 4 is 12.2 Å². The molecule has 1 saturated carbocycles. The zero-order valence-electron chi connectivity index (χ0n) is 12.9. The maximum atomic E-state index is 12.5. The summed E-state index contributed by atoms with van der Waals surface area (Å²) in [4.78, 5) is 17.2. The summed E-state index contributed by atoms with van der Waals surface area (Å²) in [5, 5.41) is 0. The number of aliphatic imine (C=N–C) groups is 1. The van der Waals surface area contributed by atoms with Crippen LogP contribution in [-0.2, 0) is 9.53 Å². The Labute approximate surface area is 127 Å². The van der Waals surface area contributed by atoms with Gasteiger partial charge in [-0.15, -0.1) is 0 Å². The monoisotopic (exact) mass is 287 g/mol. The lowest BCUT2D eigenvalue weighted by atomic mass is 9.84. The molecule has 1 aromatic carbocycles. The van der Waals surface area contributed by atoms with E-state index >= 15 is 0 Å². The first-order valence-corrected chi connectivity index (χ1v) is 8.04. The molecule has 0 aromatic heterocycles. The first-order chi connectivity index (χ1) is 10.3. The molecule has 0 amide bonds. The van der Waals surface area contributed by atoms with Crippen LogP contribution in [-0.4, -0.2) is 24.3 Å². The molecule has 0 aliphatic heterocycles. The standard InChI is InChI=1S/C18H25NO2/c1-2-21-17(20)18(13-9-4-3-5-10-14-18)19-15-16-11-7-6-8-12-16/h6-8,11-12,15H,2-5,9-10,13-14H2,1H3. The summed E-state index contributed by atoms with van der Waals surface area (Å²) in [5.41, 5.74) is 0.356. The highest BCUT2D eigenvalue weighted by molar-refractivity contribution is 5.87. The molecule has 0 heterocycles. The second-order valence-corrected chi connectivity index (χ2v) is 5.69. The molecule has 1 aliphatic carbocycles. The van der Waals surface area contributed by atoms with Gasteiger partial charge in [-0.05, 0) is 25.3 Å². The SMILES string of the molecule is CCOC(=O)C1(N=Cc2ccccc2)CCCCCCC1. The minimum absolute atomic E-state index is 0.154. The van der Waals surface area contributed by atoms with Crippen LogP contribution in [0.25, 0.3) is 0 Å². The molecule has 2 rings (SSSR count). The predicted octanol–water partition coefficient (Wildman–Crippen LogP) is 4.15. The minimum atomic E-state index is -0.674. The van der Waals surface area contributed by atoms with Crippen LogP contribution < -0.4 is 0 Å². The van der Waals surface area contributed by atoms with Gasteiger partial charge in [0.15, 0.2) is 5.54 Å². The minimum Gasteiger partial charge on any atom is -0.464 e. The van der Waals surface area contributed by atoms with Crippen molar-refractivity contribution in [2.75, 3.05) is 6.61 Å². The van der Waals surface area contributed by atoms with Crippen molar-refractivity contribution in [3.8, 4) is 0 Å². The summed E-state index contributed by atoms with van der Waals surface area (Å²) in [7, 11) is 0. The Morgan fingerprint density at radius 3 is 2.38 bits per heavy atom. The summed E-state index contributed by atoms with van der Waals surface area (Å²) in [5.74, 6) is -0.154. The molecule has 0 radical (unpaired) electrons. The highest BCUT2D eigenvalue weighted by atomic mass is 16.5. The highest BCUT2D eigenvalue weighted by Gasteiger charge is 2.38. The van der Waals surface area contributed by atoms with Gasteiger partial charge in [-0.1, -0.05) is 62.4 Å². The van der Waals surface area contributed by atoms with E-state index in [9.17, 15) is 4.79 Å². The Morgan fingerprint density at radius 1 is 1.14 bits per heavy atom. The van der Waals surface area contributed by atoms with Gasteiger partial charge in [0.25, 0.3) is 0 Å². The summed E-state index contributed by atoms with van der Waals surface area (Å²) < 4.78 is 5.32. The smallest absolute Gasteiger partial charge is 0.333 e. The van der Waals surface area contributed by atoms with E-state index in [4.69, 9.17) is 9.73 Å². The molecule has 0 saturated heterocycles. The fraction of sp³-hybridized carbons (Fsp3) is 0.556. The Hall–Kier alpha value is -1.64. The second-order valence-electron chi connectivity index (χ2n) is 5.69. The number of ether oxygens (including phenoxy) is 1. The van der Waals surface area contributed by atoms with Crippen LogP contribution >= 0.6 is 0 Å². The summed E-state index contributed by atoms with van der Waals surface area (Å²) in [6.45, 7) is 2.27. The topological polar surface area (TPSA) is 38.7 Å². The molecule has 0 spiro atoms. The van der Waals surface area contributed by atoms with E-state index in [2.05, 4.69) is 0 Å². The third-order valence-corrected chi connectivity index (χ3v) is 4.10. The lowest BCUT2D eigenvalue weighted by Gasteiger charge is -2.29. The number of carbonyl (C=O) groups is 1. The zero-order chi connectivity index (χ0) is 15.0. The number of rotatable bonds is 4. The van der Waals surface area contributed by atoms with E-state index in [1.165, 1.54) is 19.3 Å². The number of hydrogen-bond donors (Lipinski definition) is 0. The van der Waals surface area contributed by atoms with Gasteiger partial charge in [-0.25, -0.2) is 4.79 Å². The van der Waals surface area contributed by atoms with Crippen LogP contribution in [0.2, 0.25) is 0 Å². The summed E-state index contributed by atoms with van der Waals surface area (Å²) >= 11 is 0. The summed E-state index contributed by atoms with van der Waals surface area (Å²) in [6.07, 6.45) is 9.16. The quantitative estimate of drug-likeness (QED) is 0.616. The zero-order valence-corrected chi connectivity index (χ0v) is 12.9. The molecule has 0 atom stereocenters. The first kappa shape index (κ1) is 15.7. The third kappa shape index (κ3) is 4.42. The Balaban J connectivity index is 2.21. The molecule has 1 aliphatic rings. The fourth-order valence-electron chi connectivity index (χ4n) is 2.88. The maximum absolute atomic E-state index is 12.5. The van der Waals surface area contributed by atoms with E-state index in [-0.39, 0.29) is 5.97 Å². The Bertz CT molecular complexity index is 459. The molecular weight excluding hydrogens is 262 g/mol. The van der Waals surface area contributed by atoms with Crippen molar-refractivity contribution in [2.24, 2.45) is 4.99 Å². The molecular formula is C18H25NO2. The second kappa shape index (κ2) is 7.96. The van der Waals surface area contributed by atoms with Gasteiger partial charge in [0, 0.05) is 6.21 Å². The molecule has 0 bridgehead atoms. The molecule has 114 valence electrons. The lowest BCUT2D eigenvalue weighted by Crippen LogP contribution is -2.39. The van der Waals surface area contributed by atoms with Gasteiger partial charge in [0.05, 0.1) is 6.61 Å². The van der Waals surface area contributed by atoms with Crippen molar-refractivity contribution in [1.29, 1.82) is 0 Å². The van der Waals surface area contributed by atoms with Gasteiger partial charge in [-0.3, -0.25) is 4.99 Å². The lowest BCUT2D eigenvalue weighted by molar-refractivity contribution is -0.150. The van der Waals surface area contributed by atoms with Crippen molar-refractivity contribution < 1.29 is 9.53 Å². The fourth-order valence-corrected chi connectivity index (χ4v) is 2.88. The van der Waals surface area contributed by atoms with Crippen LogP contribution in [0.3, 0.4) is 0 Å². The number of carbonyl (C=O) groups excluding carboxylic acids is 1. The normalized spacial score (nSPS) is 18.9. The Kier molecular flexibility index (Phi) is 5.97. The number of nitrogens with zero attached hydrogens (tertiary/aromatic N) is 1. The third-order valence-electron chi connectivity index (χ3n) is 4.10. The van der Waals surface area contributed by atoms with E-state index in [0.29, 0.717) is 6.61 Å². The maximum Gasteiger partial charge on any atom is 0.333 e. The van der Waals surface area contributed by atoms with Crippen LogP contribution in [0.4, 0.5) is 0 Å². The number of benzene rings is 1. The average molecular weight is 287 g/mol. The van der Waals surface area contributed by atoms with Gasteiger partial charge >= 0.3 is 5.97 Å². The first-order valence-electron chi connectivity index (χ1n) is 8.04. The highest BCUT2D eigenvalue weighted by Crippen LogP contribution is 2.31. The van der Waals surface area contributed by atoms with Crippen molar-refractivity contribution in [3.05, 3.63) is 35.9 Å². The average Bonchev–Trinajstić information content (AvgIpc) is 2.48. The molecule has 1 aromatic rings. The summed E-state index contributed by atoms with van der Waals surface area (Å²) in [6, 6.07) is 9.96. The molecule has 3 heteroatoms. The van der Waals surface area contributed by atoms with Crippen molar-refractivity contribution in [2.45, 2.75) is 57.4 Å². The van der Waals surface area contributed by atoms with Crippen LogP contribution in [0.1, 0.15) is 57.4 Å². The molecule has 21 heavy (non-hydrogen) atoms. The van der Waals surface area contributed by atoms with Crippen LogP contribution in [0.5, 0.6) is 0 Å². The van der Waals surface area contributed by atoms with Crippen molar-refractivity contribution in [1.82, 2.24) is 0 Å². The van der Waals surface area contributed by atoms with Gasteiger partial charge in [0.1, 0.15) is 0 Å². The number of hydrogen-bond acceptors (Lipinski definition) is 3. The largest absolute Gasteiger partial charge is 0.464 e. The van der Waals surface area contributed by atoms with Crippen LogP contribution in [0, 0.1) is 0 Å². The van der Waals surface area contributed by atoms with E-state index in [1.54, 1.807) is 0 Å². The van der Waals surface area contributed by atoms with Gasteiger partial charge in [-0.2, -0.15) is 0 Å². The predicted molar refractivity (Wildman–Crippen MR) is 85.7 cm³/mol. The van der Waals surface area contributed by atoms with Crippen molar-refractivity contribution in [3.63, 3.8) is 0 Å². The van der Waals surface area contributed by atoms with Gasteiger partial charge in [0.2, 0.25) is 0 Å². The van der Waals surface area contributed by atoms with E-state index in [1.807, 2.05) is 43.5 Å². The number of esters is 1. The molecule has 3 nitrogen and oxygen atoms in total. The molecule has 1 fully saturated rings. The van der Waals surface area contributed by atoms with Gasteiger partial charge < -0.3 is 4.74 Å².